The minimum absolute atomic E-state index is 0.0497. The first-order valence-electron chi connectivity index (χ1n) is 7.97. The van der Waals surface area contributed by atoms with E-state index in [0.29, 0.717) is 0 Å². The summed E-state index contributed by atoms with van der Waals surface area (Å²) in [7, 11) is 0. The molecule has 2 aromatic carbocycles. The first-order chi connectivity index (χ1) is 12.2. The average molecular weight is 343 g/mol. The summed E-state index contributed by atoms with van der Waals surface area (Å²) in [5, 5.41) is 11.5. The van der Waals surface area contributed by atoms with E-state index in [1.807, 2.05) is 60.7 Å². The highest BCUT2D eigenvalue weighted by atomic mass is 16.6. The van der Waals surface area contributed by atoms with E-state index in [2.05, 4.69) is 5.32 Å². The highest BCUT2D eigenvalue weighted by molar-refractivity contribution is 5.81. The topological polar surface area (TPSA) is 84.9 Å². The molecule has 0 aliphatic rings. The van der Waals surface area contributed by atoms with Crippen LogP contribution >= 0.6 is 0 Å². The molecule has 6 heteroatoms. The first-order valence-corrected chi connectivity index (χ1v) is 7.97. The second kappa shape index (κ2) is 10.1. The number of nitrogens with one attached hydrogen (secondary N) is 1. The third-order valence-corrected chi connectivity index (χ3v) is 3.43. The highest BCUT2D eigenvalue weighted by Crippen LogP contribution is 2.05. The number of aliphatic hydroxyl groups is 1. The zero-order chi connectivity index (χ0) is 17.9. The number of rotatable bonds is 8. The standard InChI is InChI=1S/C19H21NO5/c21-12-11-17(18(22)24-13-15-7-3-1-4-8-15)20-19(23)25-14-16-9-5-2-6-10-16/h1-10,17,21H,11-14H2,(H,20,23)/t17-/m0/s1. The van der Waals surface area contributed by atoms with Gasteiger partial charge in [0.05, 0.1) is 0 Å². The predicted octanol–water partition coefficient (Wildman–Crippen LogP) is 2.41. The van der Waals surface area contributed by atoms with Crippen LogP contribution in [-0.2, 0) is 27.5 Å². The van der Waals surface area contributed by atoms with Crippen molar-refractivity contribution >= 4 is 12.1 Å². The van der Waals surface area contributed by atoms with Gasteiger partial charge in [-0.1, -0.05) is 60.7 Å². The van der Waals surface area contributed by atoms with Gasteiger partial charge in [-0.3, -0.25) is 0 Å². The lowest BCUT2D eigenvalue weighted by molar-refractivity contribution is -0.147. The zero-order valence-corrected chi connectivity index (χ0v) is 13.8. The zero-order valence-electron chi connectivity index (χ0n) is 13.8. The van der Waals surface area contributed by atoms with E-state index in [4.69, 9.17) is 14.6 Å². The van der Waals surface area contributed by atoms with Gasteiger partial charge in [0.15, 0.2) is 0 Å². The second-order valence-electron chi connectivity index (χ2n) is 5.36. The van der Waals surface area contributed by atoms with Crippen molar-refractivity contribution in [3.63, 3.8) is 0 Å². The van der Waals surface area contributed by atoms with Gasteiger partial charge in [0.25, 0.3) is 0 Å². The average Bonchev–Trinajstić information content (AvgIpc) is 2.66. The fraction of sp³-hybridized carbons (Fsp3) is 0.263. The molecule has 0 unspecified atom stereocenters. The van der Waals surface area contributed by atoms with E-state index in [-0.39, 0.29) is 26.2 Å². The van der Waals surface area contributed by atoms with E-state index >= 15 is 0 Å². The lowest BCUT2D eigenvalue weighted by Crippen LogP contribution is -2.42. The summed E-state index contributed by atoms with van der Waals surface area (Å²) in [6.07, 6.45) is -0.687. The number of hydrogen-bond donors (Lipinski definition) is 2. The third kappa shape index (κ3) is 6.64. The van der Waals surface area contributed by atoms with Crippen LogP contribution in [0.1, 0.15) is 17.5 Å². The number of hydrogen-bond acceptors (Lipinski definition) is 5. The molecule has 2 aromatic rings. The number of carbonyl (C=O) groups is 2. The summed E-state index contributed by atoms with van der Waals surface area (Å²) in [5.74, 6) is -0.616. The number of ether oxygens (including phenoxy) is 2. The molecule has 0 bridgehead atoms. The lowest BCUT2D eigenvalue weighted by Gasteiger charge is -2.16. The Kier molecular flexibility index (Phi) is 7.46. The van der Waals surface area contributed by atoms with Gasteiger partial charge in [0, 0.05) is 13.0 Å². The molecule has 1 atom stereocenters. The minimum Gasteiger partial charge on any atom is -0.459 e. The molecule has 0 aliphatic heterocycles. The summed E-state index contributed by atoms with van der Waals surface area (Å²) in [6.45, 7) is -0.0655. The van der Waals surface area contributed by atoms with Crippen molar-refractivity contribution in [1.29, 1.82) is 0 Å². The van der Waals surface area contributed by atoms with Gasteiger partial charge in [-0.2, -0.15) is 0 Å². The molecule has 0 aliphatic carbocycles. The monoisotopic (exact) mass is 343 g/mol. The third-order valence-electron chi connectivity index (χ3n) is 3.43. The van der Waals surface area contributed by atoms with Crippen LogP contribution in [0.3, 0.4) is 0 Å². The smallest absolute Gasteiger partial charge is 0.408 e. The number of carbonyl (C=O) groups excluding carboxylic acids is 2. The van der Waals surface area contributed by atoms with Crippen molar-refractivity contribution in [1.82, 2.24) is 5.32 Å². The summed E-state index contributed by atoms with van der Waals surface area (Å²) < 4.78 is 10.3. The maximum atomic E-state index is 12.1. The number of benzene rings is 2. The second-order valence-corrected chi connectivity index (χ2v) is 5.36. The maximum Gasteiger partial charge on any atom is 0.408 e. The Balaban J connectivity index is 1.81. The molecule has 0 spiro atoms. The molecule has 25 heavy (non-hydrogen) atoms. The maximum absolute atomic E-state index is 12.1. The Morgan fingerprint density at radius 2 is 1.40 bits per heavy atom. The number of alkyl carbamates (subject to hydrolysis) is 1. The molecule has 2 rings (SSSR count). The van der Waals surface area contributed by atoms with Gasteiger partial charge < -0.3 is 19.9 Å². The van der Waals surface area contributed by atoms with E-state index < -0.39 is 18.1 Å². The molecule has 0 heterocycles. The van der Waals surface area contributed by atoms with Crippen LogP contribution in [0.15, 0.2) is 60.7 Å². The van der Waals surface area contributed by atoms with Crippen LogP contribution in [0.25, 0.3) is 0 Å². The summed E-state index contributed by atoms with van der Waals surface area (Å²) >= 11 is 0. The van der Waals surface area contributed by atoms with Crippen molar-refractivity contribution in [3.05, 3.63) is 71.8 Å². The van der Waals surface area contributed by atoms with Gasteiger partial charge in [-0.15, -0.1) is 0 Å². The van der Waals surface area contributed by atoms with E-state index in [0.717, 1.165) is 11.1 Å². The largest absolute Gasteiger partial charge is 0.459 e. The minimum atomic E-state index is -0.961. The normalized spacial score (nSPS) is 11.4. The Morgan fingerprint density at radius 3 is 1.92 bits per heavy atom. The molecular weight excluding hydrogens is 322 g/mol. The number of amides is 1. The van der Waals surface area contributed by atoms with Gasteiger partial charge in [0.2, 0.25) is 0 Å². The lowest BCUT2D eigenvalue weighted by atomic mass is 10.2. The van der Waals surface area contributed by atoms with E-state index in [9.17, 15) is 9.59 Å². The van der Waals surface area contributed by atoms with Gasteiger partial charge >= 0.3 is 12.1 Å². The van der Waals surface area contributed by atoms with Crippen molar-refractivity contribution in [2.45, 2.75) is 25.7 Å². The van der Waals surface area contributed by atoms with E-state index in [1.165, 1.54) is 0 Å². The van der Waals surface area contributed by atoms with Gasteiger partial charge in [0.1, 0.15) is 19.3 Å². The molecule has 132 valence electrons. The number of esters is 1. The van der Waals surface area contributed by atoms with Crippen molar-refractivity contribution in [2.75, 3.05) is 6.61 Å². The van der Waals surface area contributed by atoms with E-state index in [1.54, 1.807) is 0 Å². The molecule has 0 saturated heterocycles. The Bertz CT molecular complexity index is 660. The fourth-order valence-corrected chi connectivity index (χ4v) is 2.11. The summed E-state index contributed by atoms with van der Waals surface area (Å²) in [6, 6.07) is 17.4. The molecule has 2 N–H and O–H groups in total. The first kappa shape index (κ1) is 18.5. The molecule has 6 nitrogen and oxygen atoms in total. The molecule has 0 fully saturated rings. The van der Waals surface area contributed by atoms with Crippen LogP contribution in [0.5, 0.6) is 0 Å². The SMILES string of the molecule is O=C(N[C@@H](CCO)C(=O)OCc1ccccc1)OCc1ccccc1. The fourth-order valence-electron chi connectivity index (χ4n) is 2.11. The molecule has 0 radical (unpaired) electrons. The van der Waals surface area contributed by atoms with Gasteiger partial charge in [-0.05, 0) is 11.1 Å². The Morgan fingerprint density at radius 1 is 0.880 bits per heavy atom. The van der Waals surface area contributed by atoms with Crippen LogP contribution in [0.2, 0.25) is 0 Å². The Labute approximate surface area is 146 Å². The summed E-state index contributed by atoms with van der Waals surface area (Å²) in [5.41, 5.74) is 1.67. The van der Waals surface area contributed by atoms with Crippen molar-refractivity contribution in [3.8, 4) is 0 Å². The Hall–Kier alpha value is -2.86. The van der Waals surface area contributed by atoms with Crippen LogP contribution < -0.4 is 5.32 Å². The molecular formula is C19H21NO5. The highest BCUT2D eigenvalue weighted by Gasteiger charge is 2.22. The quantitative estimate of drug-likeness (QED) is 0.719. The van der Waals surface area contributed by atoms with Crippen LogP contribution in [0.4, 0.5) is 4.79 Å². The summed E-state index contributed by atoms with van der Waals surface area (Å²) in [4.78, 5) is 24.0. The predicted molar refractivity (Wildman–Crippen MR) is 91.5 cm³/mol. The van der Waals surface area contributed by atoms with Crippen molar-refractivity contribution < 1.29 is 24.2 Å². The number of aliphatic hydroxyl groups excluding tert-OH is 1. The molecule has 0 aromatic heterocycles. The van der Waals surface area contributed by atoms with Crippen LogP contribution in [-0.4, -0.2) is 29.8 Å². The molecule has 1 amide bonds. The molecule has 0 saturated carbocycles. The van der Waals surface area contributed by atoms with Crippen LogP contribution in [0, 0.1) is 0 Å². The van der Waals surface area contributed by atoms with Crippen molar-refractivity contribution in [2.24, 2.45) is 0 Å². The van der Waals surface area contributed by atoms with Gasteiger partial charge in [-0.25, -0.2) is 9.59 Å².